The van der Waals surface area contributed by atoms with Crippen molar-refractivity contribution in [2.24, 2.45) is 0 Å². The predicted molar refractivity (Wildman–Crippen MR) is 96.9 cm³/mol. The third-order valence-corrected chi connectivity index (χ3v) is 6.85. The van der Waals surface area contributed by atoms with Gasteiger partial charge in [-0.1, -0.05) is 12.1 Å². The molecule has 0 amide bonds. The Kier molecular flexibility index (Phi) is 4.62. The molecule has 2 aromatic rings. The highest BCUT2D eigenvalue weighted by Crippen LogP contribution is 2.24. The van der Waals surface area contributed by atoms with Gasteiger partial charge in [-0.15, -0.1) is 5.10 Å². The quantitative estimate of drug-likeness (QED) is 0.813. The summed E-state index contributed by atoms with van der Waals surface area (Å²) in [5.41, 5.74) is 2.82. The molecule has 1 aliphatic carbocycles. The minimum Gasteiger partial charge on any atom is -0.352 e. The first-order valence-corrected chi connectivity index (χ1v) is 10.4. The van der Waals surface area contributed by atoms with E-state index >= 15 is 0 Å². The molecule has 0 saturated carbocycles. The number of halogens is 1. The predicted octanol–water partition coefficient (Wildman–Crippen LogP) is 1.76. The van der Waals surface area contributed by atoms with Crippen molar-refractivity contribution < 1.29 is 12.8 Å². The monoisotopic (exact) mass is 376 g/mol. The second-order valence-electron chi connectivity index (χ2n) is 6.80. The Morgan fingerprint density at radius 2 is 1.85 bits per heavy atom. The maximum Gasteiger partial charge on any atom is 0.218 e. The molecule has 1 aliphatic heterocycles. The number of anilines is 1. The first kappa shape index (κ1) is 17.4. The molecule has 0 bridgehead atoms. The molecule has 6 nitrogen and oxygen atoms in total. The molecule has 1 saturated heterocycles. The van der Waals surface area contributed by atoms with Crippen LogP contribution in [-0.2, 0) is 28.6 Å². The largest absolute Gasteiger partial charge is 0.352 e. The molecule has 1 aromatic heterocycles. The van der Waals surface area contributed by atoms with E-state index in [1.165, 1.54) is 28.1 Å². The molecule has 0 N–H and O–H groups in total. The van der Waals surface area contributed by atoms with Gasteiger partial charge in [-0.2, -0.15) is 9.40 Å². The summed E-state index contributed by atoms with van der Waals surface area (Å²) in [4.78, 5) is 2.08. The second-order valence-corrected chi connectivity index (χ2v) is 8.77. The molecule has 1 fully saturated rings. The summed E-state index contributed by atoms with van der Waals surface area (Å²) in [6.45, 7) is 1.96. The summed E-state index contributed by atoms with van der Waals surface area (Å²) < 4.78 is 40.0. The van der Waals surface area contributed by atoms with E-state index in [1.807, 2.05) is 0 Å². The first-order valence-electron chi connectivity index (χ1n) is 8.84. The van der Waals surface area contributed by atoms with E-state index in [0.29, 0.717) is 31.7 Å². The van der Waals surface area contributed by atoms with Gasteiger partial charge >= 0.3 is 0 Å². The van der Waals surface area contributed by atoms with Gasteiger partial charge in [0.2, 0.25) is 10.0 Å². The lowest BCUT2D eigenvalue weighted by Gasteiger charge is -2.34. The molecule has 2 heterocycles. The van der Waals surface area contributed by atoms with E-state index in [9.17, 15) is 12.8 Å². The van der Waals surface area contributed by atoms with Crippen LogP contribution >= 0.6 is 0 Å². The lowest BCUT2D eigenvalue weighted by molar-refractivity contribution is 0.383. The van der Waals surface area contributed by atoms with Gasteiger partial charge in [0.15, 0.2) is 5.82 Å². The minimum absolute atomic E-state index is 0.177. The Labute approximate surface area is 152 Å². The second kappa shape index (κ2) is 6.92. The lowest BCUT2D eigenvalue weighted by atomic mass is 10.2. The Bertz CT molecular complexity index is 911. The van der Waals surface area contributed by atoms with Gasteiger partial charge < -0.3 is 4.90 Å². The third-order valence-electron chi connectivity index (χ3n) is 5.00. The zero-order valence-electron chi connectivity index (χ0n) is 14.4. The topological polar surface area (TPSA) is 66.4 Å². The number of fused-ring (bicyclic) bond motifs is 1. The van der Waals surface area contributed by atoms with Crippen molar-refractivity contribution >= 4 is 15.8 Å². The smallest absolute Gasteiger partial charge is 0.218 e. The lowest BCUT2D eigenvalue weighted by Crippen LogP contribution is -2.49. The van der Waals surface area contributed by atoms with Crippen molar-refractivity contribution in [1.82, 2.24) is 14.5 Å². The molecule has 26 heavy (non-hydrogen) atoms. The molecule has 1 aromatic carbocycles. The summed E-state index contributed by atoms with van der Waals surface area (Å²) >= 11 is 0. The van der Waals surface area contributed by atoms with E-state index < -0.39 is 15.8 Å². The number of piperazine rings is 1. The van der Waals surface area contributed by atoms with Crippen molar-refractivity contribution in [3.63, 3.8) is 0 Å². The van der Waals surface area contributed by atoms with Gasteiger partial charge in [0.25, 0.3) is 0 Å². The van der Waals surface area contributed by atoms with Crippen LogP contribution in [0.3, 0.4) is 0 Å². The van der Waals surface area contributed by atoms with Crippen LogP contribution in [0.5, 0.6) is 0 Å². The average Bonchev–Trinajstić information content (AvgIpc) is 3.09. The SMILES string of the molecule is O=S(=O)(Cc1cccc(F)c1)N1CCN(c2cc3c(nn2)CCC3)CC1. The van der Waals surface area contributed by atoms with Crippen LogP contribution in [0.4, 0.5) is 10.2 Å². The highest BCUT2D eigenvalue weighted by atomic mass is 32.2. The van der Waals surface area contributed by atoms with E-state index in [1.54, 1.807) is 6.07 Å². The van der Waals surface area contributed by atoms with Crippen LogP contribution in [0.25, 0.3) is 0 Å². The Hall–Kier alpha value is -2.06. The van der Waals surface area contributed by atoms with Crippen molar-refractivity contribution in [2.75, 3.05) is 31.1 Å². The molecule has 8 heteroatoms. The van der Waals surface area contributed by atoms with Crippen LogP contribution in [0, 0.1) is 5.82 Å². The highest BCUT2D eigenvalue weighted by molar-refractivity contribution is 7.88. The van der Waals surface area contributed by atoms with Crippen LogP contribution in [-0.4, -0.2) is 49.1 Å². The van der Waals surface area contributed by atoms with E-state index in [2.05, 4.69) is 21.2 Å². The fourth-order valence-electron chi connectivity index (χ4n) is 3.60. The van der Waals surface area contributed by atoms with Gasteiger partial charge in [0, 0.05) is 26.2 Å². The Morgan fingerprint density at radius 1 is 1.04 bits per heavy atom. The molecule has 2 aliphatic rings. The third kappa shape index (κ3) is 3.57. The molecule has 0 unspecified atom stereocenters. The Balaban J connectivity index is 1.41. The number of nitrogens with zero attached hydrogens (tertiary/aromatic N) is 4. The maximum absolute atomic E-state index is 13.3. The number of hydrogen-bond acceptors (Lipinski definition) is 5. The minimum atomic E-state index is -3.46. The molecule has 0 radical (unpaired) electrons. The van der Waals surface area contributed by atoms with E-state index in [4.69, 9.17) is 0 Å². The number of benzene rings is 1. The van der Waals surface area contributed by atoms with E-state index in [-0.39, 0.29) is 5.75 Å². The van der Waals surface area contributed by atoms with E-state index in [0.717, 1.165) is 30.8 Å². The average molecular weight is 376 g/mol. The van der Waals surface area contributed by atoms with Crippen LogP contribution in [0.15, 0.2) is 30.3 Å². The van der Waals surface area contributed by atoms with Crippen molar-refractivity contribution in [1.29, 1.82) is 0 Å². The molecule has 0 atom stereocenters. The summed E-state index contributed by atoms with van der Waals surface area (Å²) in [5, 5.41) is 8.61. The molecule has 4 rings (SSSR count). The number of rotatable bonds is 4. The standard InChI is InChI=1S/C18H21FN4O2S/c19-16-5-1-3-14(11-16)13-26(24,25)23-9-7-22(8-10-23)18-12-15-4-2-6-17(15)20-21-18/h1,3,5,11-12H,2,4,6-10,13H2. The first-order chi connectivity index (χ1) is 12.5. The van der Waals surface area contributed by atoms with Gasteiger partial charge in [-0.3, -0.25) is 0 Å². The van der Waals surface area contributed by atoms with Crippen LogP contribution < -0.4 is 4.90 Å². The van der Waals surface area contributed by atoms with Gasteiger partial charge in [0.1, 0.15) is 5.82 Å². The summed E-state index contributed by atoms with van der Waals surface area (Å²) in [6, 6.07) is 7.84. The normalized spacial score (nSPS) is 18.1. The van der Waals surface area contributed by atoms with Crippen molar-refractivity contribution in [2.45, 2.75) is 25.0 Å². The fourth-order valence-corrected chi connectivity index (χ4v) is 5.10. The van der Waals surface area contributed by atoms with Gasteiger partial charge in [-0.05, 0) is 48.6 Å². The summed E-state index contributed by atoms with van der Waals surface area (Å²) in [5.74, 6) is 0.231. The molecule has 138 valence electrons. The van der Waals surface area contributed by atoms with Gasteiger partial charge in [0.05, 0.1) is 11.4 Å². The summed E-state index contributed by atoms with van der Waals surface area (Å²) in [6.07, 6.45) is 3.16. The fraction of sp³-hybridized carbons (Fsp3) is 0.444. The zero-order valence-corrected chi connectivity index (χ0v) is 15.3. The number of aryl methyl sites for hydroxylation is 2. The molecular weight excluding hydrogens is 355 g/mol. The van der Waals surface area contributed by atoms with Crippen LogP contribution in [0.2, 0.25) is 0 Å². The highest BCUT2D eigenvalue weighted by Gasteiger charge is 2.28. The summed E-state index contributed by atoms with van der Waals surface area (Å²) in [7, 11) is -3.46. The van der Waals surface area contributed by atoms with Crippen molar-refractivity contribution in [3.8, 4) is 0 Å². The zero-order chi connectivity index (χ0) is 18.1. The number of aromatic nitrogens is 2. The Morgan fingerprint density at radius 3 is 2.62 bits per heavy atom. The molecular formula is C18H21FN4O2S. The number of hydrogen-bond donors (Lipinski definition) is 0. The van der Waals surface area contributed by atoms with Crippen LogP contribution in [0.1, 0.15) is 23.2 Å². The maximum atomic E-state index is 13.3. The van der Waals surface area contributed by atoms with Gasteiger partial charge in [-0.25, -0.2) is 12.8 Å². The number of sulfonamides is 1. The molecule has 0 spiro atoms. The van der Waals surface area contributed by atoms with Crippen molar-refractivity contribution in [3.05, 3.63) is 53.0 Å².